The zero-order valence-corrected chi connectivity index (χ0v) is 10.2. The molecule has 0 aliphatic rings. The first-order valence-corrected chi connectivity index (χ1v) is 6.55. The minimum atomic E-state index is -1.51. The van der Waals surface area contributed by atoms with Gasteiger partial charge in [0.1, 0.15) is 0 Å². The Balaban J connectivity index is 3.34. The molecule has 0 heterocycles. The summed E-state index contributed by atoms with van der Waals surface area (Å²) in [5.41, 5.74) is 0. The summed E-state index contributed by atoms with van der Waals surface area (Å²) in [5, 5.41) is 0. The number of rotatable bonds is 5. The third-order valence-corrected chi connectivity index (χ3v) is 4.02. The molecular weight excluding hydrogens is 179 g/mol. The Morgan fingerprint density at radius 2 is 2.10 bits per heavy atom. The molecule has 0 saturated heterocycles. The summed E-state index contributed by atoms with van der Waals surface area (Å²) in [7, 11) is 0. The van der Waals surface area contributed by atoms with E-state index in [0.29, 0.717) is 0 Å². The van der Waals surface area contributed by atoms with Gasteiger partial charge in [0, 0.05) is 0 Å². The summed E-state index contributed by atoms with van der Waals surface area (Å²) in [6.07, 6.45) is 1.18. The summed E-state index contributed by atoms with van der Waals surface area (Å²) in [5.74, 6) is 0.739. The van der Waals surface area contributed by atoms with E-state index in [-0.39, 0.29) is 0 Å². The zero-order valence-electron chi connectivity index (χ0n) is 7.26. The molecule has 10 heavy (non-hydrogen) atoms. The van der Waals surface area contributed by atoms with Crippen LogP contribution in [-0.4, -0.2) is 16.7 Å². The molecule has 0 aliphatic carbocycles. The Hall–Kier alpha value is 0.383. The standard InChI is InChI=1S/C7H16N.O.Zn/c1-4-8-6-5-7(2)3;;/h7H,4-6H2,1-3H3;;/q-1;;+1. The van der Waals surface area contributed by atoms with Crippen LogP contribution in [0, 0.1) is 5.92 Å². The summed E-state index contributed by atoms with van der Waals surface area (Å²) < 4.78 is 12.7. The molecule has 57 valence electrons. The normalized spacial score (nSPS) is 10.5. The minimum absolute atomic E-state index is 0.739. The van der Waals surface area contributed by atoms with E-state index in [4.69, 9.17) is 0 Å². The SMILES string of the molecule is CC[N](CCC(C)C)[Zn]=[O]. The van der Waals surface area contributed by atoms with E-state index >= 15 is 0 Å². The Labute approximate surface area is 71.1 Å². The Morgan fingerprint density at radius 1 is 1.50 bits per heavy atom. The van der Waals surface area contributed by atoms with Crippen molar-refractivity contribution in [3.63, 3.8) is 0 Å². The molecule has 0 rings (SSSR count). The van der Waals surface area contributed by atoms with Crippen LogP contribution >= 0.6 is 0 Å². The van der Waals surface area contributed by atoms with Crippen molar-refractivity contribution >= 4 is 0 Å². The molecule has 0 aliphatic heterocycles. The van der Waals surface area contributed by atoms with E-state index in [0.717, 1.165) is 19.0 Å². The van der Waals surface area contributed by atoms with Gasteiger partial charge in [0.2, 0.25) is 0 Å². The third kappa shape index (κ3) is 5.19. The molecule has 0 unspecified atom stereocenters. The quantitative estimate of drug-likeness (QED) is 0.623. The van der Waals surface area contributed by atoms with Gasteiger partial charge in [-0.15, -0.1) is 0 Å². The number of nitrogens with zero attached hydrogens (tertiary/aromatic N) is 1. The number of hydrogen-bond acceptors (Lipinski definition) is 1. The summed E-state index contributed by atoms with van der Waals surface area (Å²) in [6, 6.07) is 0. The van der Waals surface area contributed by atoms with Crippen molar-refractivity contribution < 1.29 is 20.9 Å². The second-order valence-electron chi connectivity index (χ2n) is 3.02. The van der Waals surface area contributed by atoms with Crippen LogP contribution in [0.3, 0.4) is 0 Å². The van der Waals surface area contributed by atoms with E-state index in [1.807, 2.05) is 0 Å². The molecule has 0 saturated carbocycles. The predicted octanol–water partition coefficient (Wildman–Crippen LogP) is 1.70. The van der Waals surface area contributed by atoms with Crippen molar-refractivity contribution in [1.82, 2.24) is 3.64 Å². The van der Waals surface area contributed by atoms with Crippen molar-refractivity contribution in [2.75, 3.05) is 13.1 Å². The second kappa shape index (κ2) is 6.12. The van der Waals surface area contributed by atoms with Crippen LogP contribution < -0.4 is 0 Å². The molecule has 0 radical (unpaired) electrons. The summed E-state index contributed by atoms with van der Waals surface area (Å²) in [6.45, 7) is 8.48. The van der Waals surface area contributed by atoms with Gasteiger partial charge >= 0.3 is 70.7 Å². The van der Waals surface area contributed by atoms with Gasteiger partial charge in [0.15, 0.2) is 0 Å². The summed E-state index contributed by atoms with van der Waals surface area (Å²) in [4.78, 5) is 0. The molecule has 0 amide bonds. The average Bonchev–Trinajstić information content (AvgIpc) is 1.90. The molecule has 0 aromatic rings. The van der Waals surface area contributed by atoms with Crippen LogP contribution in [-0.2, 0) is 20.9 Å². The van der Waals surface area contributed by atoms with Gasteiger partial charge in [-0.2, -0.15) is 0 Å². The van der Waals surface area contributed by atoms with Crippen LogP contribution in [0.2, 0.25) is 0 Å². The van der Waals surface area contributed by atoms with Crippen LogP contribution in [0.1, 0.15) is 27.2 Å². The average molecular weight is 196 g/mol. The van der Waals surface area contributed by atoms with Crippen LogP contribution in [0.4, 0.5) is 0 Å². The van der Waals surface area contributed by atoms with Gasteiger partial charge in [0.05, 0.1) is 0 Å². The molecule has 0 N–H and O–H groups in total. The fraction of sp³-hybridized carbons (Fsp3) is 1.00. The van der Waals surface area contributed by atoms with Crippen LogP contribution in [0.15, 0.2) is 0 Å². The molecule has 0 aromatic carbocycles. The van der Waals surface area contributed by atoms with E-state index in [1.165, 1.54) is 6.42 Å². The molecule has 0 spiro atoms. The molecule has 0 atom stereocenters. The Kier molecular flexibility index (Phi) is 6.35. The first-order chi connectivity index (χ1) is 4.70. The molecular formula is C7H16NOZn. The van der Waals surface area contributed by atoms with Crippen molar-refractivity contribution in [3.05, 3.63) is 0 Å². The van der Waals surface area contributed by atoms with Gasteiger partial charge in [0.25, 0.3) is 0 Å². The second-order valence-corrected chi connectivity index (χ2v) is 5.44. The third-order valence-electron chi connectivity index (χ3n) is 1.65. The molecule has 3 heteroatoms. The molecule has 2 nitrogen and oxygen atoms in total. The van der Waals surface area contributed by atoms with Crippen molar-refractivity contribution in [2.45, 2.75) is 27.2 Å². The van der Waals surface area contributed by atoms with Gasteiger partial charge in [-0.05, 0) is 0 Å². The zero-order chi connectivity index (χ0) is 7.98. The fourth-order valence-corrected chi connectivity index (χ4v) is 1.79. The van der Waals surface area contributed by atoms with Gasteiger partial charge in [-0.3, -0.25) is 0 Å². The van der Waals surface area contributed by atoms with E-state index < -0.39 is 17.3 Å². The van der Waals surface area contributed by atoms with Crippen molar-refractivity contribution in [3.8, 4) is 0 Å². The van der Waals surface area contributed by atoms with Crippen LogP contribution in [0.25, 0.3) is 0 Å². The first kappa shape index (κ1) is 10.4. The van der Waals surface area contributed by atoms with Gasteiger partial charge < -0.3 is 0 Å². The van der Waals surface area contributed by atoms with E-state index in [1.54, 1.807) is 0 Å². The number of hydrogen-bond donors (Lipinski definition) is 0. The maximum atomic E-state index is 10.6. The monoisotopic (exact) mass is 194 g/mol. The first-order valence-electron chi connectivity index (χ1n) is 4.01. The predicted molar refractivity (Wildman–Crippen MR) is 37.4 cm³/mol. The molecule has 0 aromatic heterocycles. The van der Waals surface area contributed by atoms with Gasteiger partial charge in [-0.1, -0.05) is 0 Å². The Bertz CT molecular complexity index is 95.6. The van der Waals surface area contributed by atoms with E-state index in [9.17, 15) is 3.57 Å². The van der Waals surface area contributed by atoms with Crippen molar-refractivity contribution in [2.24, 2.45) is 5.92 Å². The van der Waals surface area contributed by atoms with Crippen LogP contribution in [0.5, 0.6) is 0 Å². The fourth-order valence-electron chi connectivity index (χ4n) is 0.755. The van der Waals surface area contributed by atoms with E-state index in [2.05, 4.69) is 24.4 Å². The van der Waals surface area contributed by atoms with Crippen molar-refractivity contribution in [1.29, 1.82) is 0 Å². The maximum absolute atomic E-state index is 10.6. The molecule has 0 bridgehead atoms. The molecule has 0 fully saturated rings. The Morgan fingerprint density at radius 3 is 2.40 bits per heavy atom. The van der Waals surface area contributed by atoms with Gasteiger partial charge in [-0.25, -0.2) is 0 Å². The topological polar surface area (TPSA) is 20.3 Å². The summed E-state index contributed by atoms with van der Waals surface area (Å²) >= 11 is -1.51.